The minimum atomic E-state index is -1.17. The third-order valence-electron chi connectivity index (χ3n) is 5.20. The average molecular weight is 559 g/mol. The van der Waals surface area contributed by atoms with E-state index in [0.29, 0.717) is 17.7 Å². The van der Waals surface area contributed by atoms with Crippen LogP contribution in [0.25, 0.3) is 6.08 Å². The van der Waals surface area contributed by atoms with Gasteiger partial charge in [-0.25, -0.2) is 4.79 Å². The highest BCUT2D eigenvalue weighted by Gasteiger charge is 2.31. The SMILES string of the molecule is COCOc1cc(OC)cc(/C=C/C[C@H](OCOC)[C@H](OCOC)[C@@H](/C=C\C[C@H](C)O)OCOC)c1C(=O)O. The first kappa shape index (κ1) is 34.5. The van der Waals surface area contributed by atoms with Crippen molar-refractivity contribution in [2.75, 3.05) is 62.7 Å². The van der Waals surface area contributed by atoms with Gasteiger partial charge in [0.25, 0.3) is 0 Å². The molecule has 0 bridgehead atoms. The number of carboxylic acid groups (broad SMARTS) is 1. The van der Waals surface area contributed by atoms with E-state index in [4.69, 9.17) is 42.6 Å². The Hall–Kier alpha value is -2.55. The summed E-state index contributed by atoms with van der Waals surface area (Å²) in [5, 5.41) is 19.5. The van der Waals surface area contributed by atoms with E-state index in [9.17, 15) is 15.0 Å². The molecule has 1 rings (SSSR count). The maximum atomic E-state index is 12.1. The number of benzene rings is 1. The minimum absolute atomic E-state index is 0.0145. The van der Waals surface area contributed by atoms with E-state index in [2.05, 4.69) is 0 Å². The van der Waals surface area contributed by atoms with Crippen molar-refractivity contribution in [2.45, 2.75) is 44.2 Å². The summed E-state index contributed by atoms with van der Waals surface area (Å²) in [5.41, 5.74) is 0.310. The van der Waals surface area contributed by atoms with Crippen LogP contribution < -0.4 is 9.47 Å². The molecule has 4 atom stereocenters. The second-order valence-electron chi connectivity index (χ2n) is 8.28. The normalized spacial score (nSPS) is 14.9. The lowest BCUT2D eigenvalue weighted by atomic mass is 10.0. The molecule has 0 saturated carbocycles. The number of ether oxygens (including phenoxy) is 9. The van der Waals surface area contributed by atoms with Gasteiger partial charge in [0.15, 0.2) is 6.79 Å². The fourth-order valence-electron chi connectivity index (χ4n) is 3.48. The van der Waals surface area contributed by atoms with Gasteiger partial charge in [-0.2, -0.15) is 0 Å². The fourth-order valence-corrected chi connectivity index (χ4v) is 3.48. The number of rotatable bonds is 22. The van der Waals surface area contributed by atoms with Crippen molar-refractivity contribution in [3.05, 3.63) is 41.5 Å². The van der Waals surface area contributed by atoms with Gasteiger partial charge in [0.2, 0.25) is 0 Å². The second kappa shape index (κ2) is 20.4. The summed E-state index contributed by atoms with van der Waals surface area (Å²) in [7, 11) is 7.40. The molecule has 0 heterocycles. The zero-order valence-corrected chi connectivity index (χ0v) is 23.5. The molecule has 39 heavy (non-hydrogen) atoms. The molecule has 2 N–H and O–H groups in total. The Morgan fingerprint density at radius 1 is 0.872 bits per heavy atom. The van der Waals surface area contributed by atoms with Crippen molar-refractivity contribution in [3.8, 4) is 11.5 Å². The zero-order chi connectivity index (χ0) is 29.0. The highest BCUT2D eigenvalue weighted by Crippen LogP contribution is 2.30. The summed E-state index contributed by atoms with van der Waals surface area (Å²) < 4.78 is 48.8. The van der Waals surface area contributed by atoms with Gasteiger partial charge in [0, 0.05) is 34.5 Å². The lowest BCUT2D eigenvalue weighted by molar-refractivity contribution is -0.196. The van der Waals surface area contributed by atoms with Crippen LogP contribution in [0, 0.1) is 0 Å². The predicted octanol–water partition coefficient (Wildman–Crippen LogP) is 3.07. The van der Waals surface area contributed by atoms with Crippen LogP contribution in [0.4, 0.5) is 0 Å². The van der Waals surface area contributed by atoms with Crippen LogP contribution in [-0.4, -0.2) is 103 Å². The number of hydrogen-bond acceptors (Lipinski definition) is 11. The van der Waals surface area contributed by atoms with Crippen LogP contribution >= 0.6 is 0 Å². The van der Waals surface area contributed by atoms with Crippen LogP contribution in [0.3, 0.4) is 0 Å². The summed E-state index contributed by atoms with van der Waals surface area (Å²) in [6.07, 6.45) is 5.16. The summed E-state index contributed by atoms with van der Waals surface area (Å²) in [5.74, 6) is -0.656. The molecule has 12 heteroatoms. The molecule has 0 fully saturated rings. The Morgan fingerprint density at radius 2 is 1.51 bits per heavy atom. The molecular formula is C27H42O12. The largest absolute Gasteiger partial charge is 0.497 e. The molecule has 222 valence electrons. The molecular weight excluding hydrogens is 516 g/mol. The molecule has 0 aliphatic carbocycles. The van der Waals surface area contributed by atoms with Gasteiger partial charge in [-0.3, -0.25) is 0 Å². The zero-order valence-electron chi connectivity index (χ0n) is 23.5. The molecule has 1 aromatic rings. The van der Waals surface area contributed by atoms with E-state index >= 15 is 0 Å². The molecule has 0 amide bonds. The van der Waals surface area contributed by atoms with E-state index < -0.39 is 30.4 Å². The van der Waals surface area contributed by atoms with Crippen LogP contribution in [0.2, 0.25) is 0 Å². The third-order valence-corrected chi connectivity index (χ3v) is 5.20. The first-order chi connectivity index (χ1) is 18.8. The number of carbonyl (C=O) groups is 1. The van der Waals surface area contributed by atoms with Gasteiger partial charge < -0.3 is 52.8 Å². The highest BCUT2D eigenvalue weighted by molar-refractivity contribution is 5.95. The Morgan fingerprint density at radius 3 is 2.10 bits per heavy atom. The van der Waals surface area contributed by atoms with Crippen molar-refractivity contribution < 1.29 is 57.6 Å². The smallest absolute Gasteiger partial charge is 0.340 e. The predicted molar refractivity (Wildman–Crippen MR) is 142 cm³/mol. The molecule has 1 aromatic carbocycles. The number of aromatic carboxylic acids is 1. The van der Waals surface area contributed by atoms with Crippen LogP contribution in [0.15, 0.2) is 30.4 Å². The quantitative estimate of drug-likeness (QED) is 0.160. The van der Waals surface area contributed by atoms with Crippen molar-refractivity contribution in [1.82, 2.24) is 0 Å². The molecule has 12 nitrogen and oxygen atoms in total. The van der Waals surface area contributed by atoms with E-state index in [1.54, 1.807) is 37.3 Å². The van der Waals surface area contributed by atoms with Crippen molar-refractivity contribution in [1.29, 1.82) is 0 Å². The summed E-state index contributed by atoms with van der Waals surface area (Å²) in [4.78, 5) is 12.1. The van der Waals surface area contributed by atoms with E-state index in [-0.39, 0.29) is 44.9 Å². The minimum Gasteiger partial charge on any atom is -0.497 e. The monoisotopic (exact) mass is 558 g/mol. The number of carboxylic acids is 1. The van der Waals surface area contributed by atoms with Gasteiger partial charge in [-0.05, 0) is 31.4 Å². The Labute approximate surface area is 229 Å². The molecule has 0 saturated heterocycles. The van der Waals surface area contributed by atoms with E-state index in [1.165, 1.54) is 41.6 Å². The van der Waals surface area contributed by atoms with Crippen LogP contribution in [-0.2, 0) is 33.2 Å². The third kappa shape index (κ3) is 12.9. The Kier molecular flexibility index (Phi) is 18.0. The summed E-state index contributed by atoms with van der Waals surface area (Å²) >= 11 is 0. The van der Waals surface area contributed by atoms with Crippen LogP contribution in [0.5, 0.6) is 11.5 Å². The van der Waals surface area contributed by atoms with Gasteiger partial charge >= 0.3 is 5.97 Å². The maximum absolute atomic E-state index is 12.1. The maximum Gasteiger partial charge on any atom is 0.340 e. The van der Waals surface area contributed by atoms with Crippen molar-refractivity contribution in [2.24, 2.45) is 0 Å². The van der Waals surface area contributed by atoms with Crippen molar-refractivity contribution >= 4 is 12.0 Å². The second-order valence-corrected chi connectivity index (χ2v) is 8.28. The first-order valence-corrected chi connectivity index (χ1v) is 12.2. The molecule has 0 spiro atoms. The van der Waals surface area contributed by atoms with Crippen molar-refractivity contribution in [3.63, 3.8) is 0 Å². The first-order valence-electron chi connectivity index (χ1n) is 12.2. The topological polar surface area (TPSA) is 141 Å². The lowest BCUT2D eigenvalue weighted by Crippen LogP contribution is -2.42. The summed E-state index contributed by atoms with van der Waals surface area (Å²) in [6.45, 7) is 1.46. The highest BCUT2D eigenvalue weighted by atomic mass is 16.7. The van der Waals surface area contributed by atoms with Gasteiger partial charge in [-0.15, -0.1) is 0 Å². The lowest BCUT2D eigenvalue weighted by Gasteiger charge is -2.31. The number of aliphatic hydroxyl groups is 1. The molecule has 0 unspecified atom stereocenters. The molecule has 0 aromatic heterocycles. The number of aliphatic hydroxyl groups excluding tert-OH is 1. The van der Waals surface area contributed by atoms with Gasteiger partial charge in [0.1, 0.15) is 49.6 Å². The number of hydrogen-bond donors (Lipinski definition) is 2. The average Bonchev–Trinajstić information content (AvgIpc) is 2.91. The molecule has 0 aliphatic rings. The van der Waals surface area contributed by atoms with Crippen LogP contribution in [0.1, 0.15) is 35.7 Å². The number of methoxy groups -OCH3 is 5. The molecule has 0 radical (unpaired) electrons. The summed E-state index contributed by atoms with van der Waals surface area (Å²) in [6, 6.07) is 3.07. The van der Waals surface area contributed by atoms with E-state index in [0.717, 1.165) is 0 Å². The Balaban J connectivity index is 3.37. The standard InChI is InChI=1S/C27H42O12/c1-19(28)9-7-11-22(36-15-31-2)26(39-18-34-5)23(37-16-32-3)12-8-10-20-13-21(35-6)14-24(38-17-33-4)25(20)27(29)30/h7-8,10-11,13-14,19,22-23,26,28H,9,12,15-18H2,1-6H3,(H,29,30)/b10-8+,11-7-/t19-,22+,23-,26+/m0/s1. The van der Waals surface area contributed by atoms with Gasteiger partial charge in [-0.1, -0.05) is 24.3 Å². The van der Waals surface area contributed by atoms with Gasteiger partial charge in [0.05, 0.1) is 19.3 Å². The molecule has 0 aliphatic heterocycles. The fraction of sp³-hybridized carbons (Fsp3) is 0.593. The Bertz CT molecular complexity index is 871. The van der Waals surface area contributed by atoms with E-state index in [1.807, 2.05) is 0 Å².